The SMILES string of the molecule is CCOC(=O)C1=C(O)/C(=C/c2ccc(F)cc2)SC1=NC(=O)c1ccc(OC)cc1. The molecule has 0 unspecified atom stereocenters. The van der Waals surface area contributed by atoms with Crippen LogP contribution in [0.5, 0.6) is 5.75 Å². The van der Waals surface area contributed by atoms with Crippen LogP contribution in [0.4, 0.5) is 4.39 Å². The first-order valence-corrected chi connectivity index (χ1v) is 9.78. The number of hydrogen-bond acceptors (Lipinski definition) is 6. The van der Waals surface area contributed by atoms with E-state index in [1.165, 1.54) is 31.4 Å². The fourth-order valence-electron chi connectivity index (χ4n) is 2.59. The molecule has 3 rings (SSSR count). The number of rotatable bonds is 5. The summed E-state index contributed by atoms with van der Waals surface area (Å²) < 4.78 is 23.2. The number of aliphatic hydroxyl groups excluding tert-OH is 1. The average molecular weight is 427 g/mol. The smallest absolute Gasteiger partial charge is 0.344 e. The van der Waals surface area contributed by atoms with E-state index in [1.807, 2.05) is 0 Å². The number of ether oxygens (including phenoxy) is 2. The van der Waals surface area contributed by atoms with Crippen molar-refractivity contribution in [2.45, 2.75) is 6.92 Å². The van der Waals surface area contributed by atoms with Crippen LogP contribution in [0, 0.1) is 5.82 Å². The fraction of sp³-hybridized carbons (Fsp3) is 0.136. The van der Waals surface area contributed by atoms with Crippen LogP contribution in [-0.2, 0) is 9.53 Å². The molecule has 0 fully saturated rings. The van der Waals surface area contributed by atoms with Crippen molar-refractivity contribution in [3.63, 3.8) is 0 Å². The van der Waals surface area contributed by atoms with Gasteiger partial charge >= 0.3 is 5.97 Å². The summed E-state index contributed by atoms with van der Waals surface area (Å²) in [6, 6.07) is 11.9. The van der Waals surface area contributed by atoms with Crippen LogP contribution in [0.1, 0.15) is 22.8 Å². The van der Waals surface area contributed by atoms with E-state index in [9.17, 15) is 19.1 Å². The lowest BCUT2D eigenvalue weighted by Crippen LogP contribution is -2.14. The van der Waals surface area contributed by atoms with Crippen molar-refractivity contribution < 1.29 is 28.6 Å². The topological polar surface area (TPSA) is 85.2 Å². The van der Waals surface area contributed by atoms with E-state index in [1.54, 1.807) is 37.3 Å². The van der Waals surface area contributed by atoms with E-state index in [2.05, 4.69) is 4.99 Å². The van der Waals surface area contributed by atoms with Crippen LogP contribution in [0.2, 0.25) is 0 Å². The molecule has 1 N–H and O–H groups in total. The second kappa shape index (κ2) is 9.41. The van der Waals surface area contributed by atoms with Crippen molar-refractivity contribution in [1.29, 1.82) is 0 Å². The molecule has 8 heteroatoms. The summed E-state index contributed by atoms with van der Waals surface area (Å²) in [7, 11) is 1.51. The number of halogens is 1. The maximum absolute atomic E-state index is 13.1. The highest BCUT2D eigenvalue weighted by molar-refractivity contribution is 8.18. The summed E-state index contributed by atoms with van der Waals surface area (Å²) >= 11 is 0.958. The summed E-state index contributed by atoms with van der Waals surface area (Å²) in [6.45, 7) is 1.73. The Morgan fingerprint density at radius 2 is 1.80 bits per heavy atom. The molecule has 0 aromatic heterocycles. The van der Waals surface area contributed by atoms with Gasteiger partial charge in [-0.25, -0.2) is 14.2 Å². The predicted octanol–water partition coefficient (Wildman–Crippen LogP) is 4.54. The molecule has 2 aromatic rings. The van der Waals surface area contributed by atoms with Crippen molar-refractivity contribution in [2.24, 2.45) is 4.99 Å². The van der Waals surface area contributed by atoms with Crippen molar-refractivity contribution in [3.05, 3.63) is 81.7 Å². The highest BCUT2D eigenvalue weighted by Crippen LogP contribution is 2.39. The second-order valence-electron chi connectivity index (χ2n) is 6.06. The first-order chi connectivity index (χ1) is 14.4. The third-order valence-electron chi connectivity index (χ3n) is 4.08. The molecule has 0 atom stereocenters. The Morgan fingerprint density at radius 1 is 1.13 bits per heavy atom. The van der Waals surface area contributed by atoms with Gasteiger partial charge in [0.15, 0.2) is 0 Å². The highest BCUT2D eigenvalue weighted by atomic mass is 32.2. The third-order valence-corrected chi connectivity index (χ3v) is 5.10. The van der Waals surface area contributed by atoms with E-state index < -0.39 is 17.7 Å². The Morgan fingerprint density at radius 3 is 2.40 bits per heavy atom. The van der Waals surface area contributed by atoms with E-state index >= 15 is 0 Å². The third kappa shape index (κ3) is 4.77. The van der Waals surface area contributed by atoms with E-state index in [0.29, 0.717) is 21.8 Å². The largest absolute Gasteiger partial charge is 0.506 e. The maximum Gasteiger partial charge on any atom is 0.344 e. The Bertz CT molecular complexity index is 1060. The number of benzene rings is 2. The molecule has 30 heavy (non-hydrogen) atoms. The van der Waals surface area contributed by atoms with Gasteiger partial charge in [-0.05, 0) is 55.0 Å². The van der Waals surface area contributed by atoms with Gasteiger partial charge in [0.05, 0.1) is 18.6 Å². The van der Waals surface area contributed by atoms with E-state index in [-0.39, 0.29) is 23.0 Å². The van der Waals surface area contributed by atoms with Gasteiger partial charge in [0, 0.05) is 5.56 Å². The highest BCUT2D eigenvalue weighted by Gasteiger charge is 2.33. The number of nitrogens with zero attached hydrogens (tertiary/aromatic N) is 1. The molecule has 1 amide bonds. The van der Waals surface area contributed by atoms with Gasteiger partial charge in [-0.1, -0.05) is 23.9 Å². The van der Waals surface area contributed by atoms with Gasteiger partial charge < -0.3 is 14.6 Å². The minimum Gasteiger partial charge on any atom is -0.506 e. The van der Waals surface area contributed by atoms with Crippen LogP contribution in [-0.4, -0.2) is 35.7 Å². The second-order valence-corrected chi connectivity index (χ2v) is 7.09. The van der Waals surface area contributed by atoms with Crippen LogP contribution in [0.3, 0.4) is 0 Å². The molecule has 1 heterocycles. The molecule has 154 valence electrons. The fourth-order valence-corrected chi connectivity index (χ4v) is 3.61. The normalized spacial score (nSPS) is 16.2. The molecule has 0 saturated carbocycles. The van der Waals surface area contributed by atoms with Gasteiger partial charge in [0.2, 0.25) is 0 Å². The Balaban J connectivity index is 1.97. The number of aliphatic imine (C=N–C) groups is 1. The van der Waals surface area contributed by atoms with Crippen molar-refractivity contribution in [1.82, 2.24) is 0 Å². The molecule has 1 aliphatic heterocycles. The van der Waals surface area contributed by atoms with Gasteiger partial charge in [0.1, 0.15) is 27.9 Å². The summed E-state index contributed by atoms with van der Waals surface area (Å²) in [5.74, 6) is -1.52. The maximum atomic E-state index is 13.1. The molecule has 1 aliphatic rings. The minimum atomic E-state index is -0.786. The molecule has 0 saturated heterocycles. The number of hydrogen-bond donors (Lipinski definition) is 1. The molecule has 0 bridgehead atoms. The number of amides is 1. The van der Waals surface area contributed by atoms with E-state index in [4.69, 9.17) is 9.47 Å². The lowest BCUT2D eigenvalue weighted by Gasteiger charge is -2.04. The summed E-state index contributed by atoms with van der Waals surface area (Å²) in [6.07, 6.45) is 1.57. The quantitative estimate of drug-likeness (QED) is 0.706. The average Bonchev–Trinajstić information content (AvgIpc) is 3.04. The molecule has 0 aliphatic carbocycles. The van der Waals surface area contributed by atoms with Crippen LogP contribution in [0.15, 0.2) is 69.8 Å². The zero-order valence-corrected chi connectivity index (χ0v) is 17.0. The number of esters is 1. The molecular formula is C22H18FNO5S. The number of methoxy groups -OCH3 is 1. The Kier molecular flexibility index (Phi) is 6.68. The first-order valence-electron chi connectivity index (χ1n) is 8.96. The minimum absolute atomic E-state index is 0.0279. The van der Waals surface area contributed by atoms with Gasteiger partial charge in [-0.2, -0.15) is 0 Å². The Hall–Kier alpha value is -3.39. The van der Waals surface area contributed by atoms with Crippen LogP contribution >= 0.6 is 11.8 Å². The van der Waals surface area contributed by atoms with Crippen molar-refractivity contribution >= 4 is 34.8 Å². The number of carbonyl (C=O) groups excluding carboxylic acids is 2. The standard InChI is InChI=1S/C22H18FNO5S/c1-3-29-22(27)18-19(25)17(12-13-4-8-15(23)9-5-13)30-21(18)24-20(26)14-6-10-16(28-2)11-7-14/h4-12,25H,3H2,1-2H3/b17-12-,24-21?. The molecule has 2 aromatic carbocycles. The first kappa shape index (κ1) is 21.3. The lowest BCUT2D eigenvalue weighted by atomic mass is 10.1. The van der Waals surface area contributed by atoms with E-state index in [0.717, 1.165) is 11.8 Å². The molecule has 0 spiro atoms. The number of thioether (sulfide) groups is 1. The summed E-state index contributed by atoms with van der Waals surface area (Å²) in [5.41, 5.74) is 0.719. The Labute approximate surface area is 176 Å². The van der Waals surface area contributed by atoms with Gasteiger partial charge in [-0.15, -0.1) is 0 Å². The van der Waals surface area contributed by atoms with Crippen LogP contribution < -0.4 is 4.74 Å². The van der Waals surface area contributed by atoms with Gasteiger partial charge in [0.25, 0.3) is 5.91 Å². The van der Waals surface area contributed by atoms with Crippen molar-refractivity contribution in [2.75, 3.05) is 13.7 Å². The zero-order chi connectivity index (χ0) is 21.7. The molecule has 6 nitrogen and oxygen atoms in total. The monoisotopic (exact) mass is 427 g/mol. The summed E-state index contributed by atoms with van der Waals surface area (Å²) in [4.78, 5) is 29.3. The lowest BCUT2D eigenvalue weighted by molar-refractivity contribution is -0.138. The number of aliphatic hydroxyl groups is 1. The molecule has 0 radical (unpaired) electrons. The zero-order valence-electron chi connectivity index (χ0n) is 16.2. The van der Waals surface area contributed by atoms with Gasteiger partial charge in [-0.3, -0.25) is 4.79 Å². The van der Waals surface area contributed by atoms with Crippen LogP contribution in [0.25, 0.3) is 6.08 Å². The number of carbonyl (C=O) groups is 2. The summed E-state index contributed by atoms with van der Waals surface area (Å²) in [5, 5.41) is 10.6. The predicted molar refractivity (Wildman–Crippen MR) is 113 cm³/mol. The molecular weight excluding hydrogens is 409 g/mol. The van der Waals surface area contributed by atoms with Crippen molar-refractivity contribution in [3.8, 4) is 5.75 Å².